The minimum Gasteiger partial charge on any atom is -0.495 e. The van der Waals surface area contributed by atoms with Gasteiger partial charge in [-0.3, -0.25) is 13.9 Å². The molecular weight excluding hydrogens is 581 g/mol. The summed E-state index contributed by atoms with van der Waals surface area (Å²) in [6, 6.07) is 16.4. The number of carbonyl (C=O) groups is 2. The Bertz CT molecular complexity index is 1540. The van der Waals surface area contributed by atoms with Gasteiger partial charge in [0.25, 0.3) is 10.0 Å². The maximum atomic E-state index is 14.3. The molecule has 3 aromatic rings. The number of nitrogens with zero attached hydrogens (tertiary/aromatic N) is 2. The molecule has 10 heteroatoms. The number of hydrogen-bond donors (Lipinski definition) is 1. The van der Waals surface area contributed by atoms with Crippen LogP contribution in [0, 0.1) is 19.7 Å². The number of benzene rings is 3. The van der Waals surface area contributed by atoms with Crippen LogP contribution in [0.5, 0.6) is 5.75 Å². The van der Waals surface area contributed by atoms with E-state index >= 15 is 0 Å². The summed E-state index contributed by atoms with van der Waals surface area (Å²) in [5.74, 6) is -0.989. The van der Waals surface area contributed by atoms with Crippen LogP contribution in [-0.4, -0.2) is 50.9 Å². The molecule has 44 heavy (non-hydrogen) atoms. The van der Waals surface area contributed by atoms with Crippen molar-refractivity contribution in [1.29, 1.82) is 0 Å². The van der Waals surface area contributed by atoms with Crippen molar-refractivity contribution in [3.05, 3.63) is 89.2 Å². The van der Waals surface area contributed by atoms with Crippen molar-refractivity contribution in [2.24, 2.45) is 0 Å². The second-order valence-corrected chi connectivity index (χ2v) is 13.3. The van der Waals surface area contributed by atoms with E-state index in [0.717, 1.165) is 47.5 Å². The Morgan fingerprint density at radius 1 is 0.955 bits per heavy atom. The van der Waals surface area contributed by atoms with Crippen molar-refractivity contribution < 1.29 is 27.1 Å². The monoisotopic (exact) mass is 623 g/mol. The van der Waals surface area contributed by atoms with Gasteiger partial charge in [-0.2, -0.15) is 0 Å². The van der Waals surface area contributed by atoms with E-state index < -0.39 is 34.3 Å². The third kappa shape index (κ3) is 7.96. The number of methoxy groups -OCH3 is 1. The molecule has 1 N–H and O–H groups in total. The lowest BCUT2D eigenvalue weighted by molar-refractivity contribution is -0.140. The summed E-state index contributed by atoms with van der Waals surface area (Å²) in [6.07, 6.45) is 5.26. The summed E-state index contributed by atoms with van der Waals surface area (Å²) >= 11 is 0. The number of rotatable bonds is 12. The largest absolute Gasteiger partial charge is 0.495 e. The number of halogens is 1. The van der Waals surface area contributed by atoms with Gasteiger partial charge in [0.05, 0.1) is 17.7 Å². The van der Waals surface area contributed by atoms with Crippen molar-refractivity contribution in [3.63, 3.8) is 0 Å². The van der Waals surface area contributed by atoms with E-state index in [2.05, 4.69) is 5.32 Å². The molecular formula is C34H42FN3O5S. The molecule has 4 rings (SSSR count). The molecule has 1 aliphatic rings. The highest BCUT2D eigenvalue weighted by Crippen LogP contribution is 2.34. The second kappa shape index (κ2) is 14.7. The van der Waals surface area contributed by atoms with Crippen LogP contribution in [0.4, 0.5) is 10.1 Å². The zero-order valence-corrected chi connectivity index (χ0v) is 26.7. The summed E-state index contributed by atoms with van der Waals surface area (Å²) in [4.78, 5) is 29.4. The van der Waals surface area contributed by atoms with E-state index in [1.165, 1.54) is 36.3 Å². The van der Waals surface area contributed by atoms with E-state index in [1.807, 2.05) is 20.8 Å². The van der Waals surface area contributed by atoms with Crippen LogP contribution >= 0.6 is 0 Å². The van der Waals surface area contributed by atoms with Crippen molar-refractivity contribution in [1.82, 2.24) is 10.2 Å². The van der Waals surface area contributed by atoms with Gasteiger partial charge in [0.15, 0.2) is 0 Å². The lowest BCUT2D eigenvalue weighted by Gasteiger charge is -2.34. The summed E-state index contributed by atoms with van der Waals surface area (Å²) in [7, 11) is -2.81. The van der Waals surface area contributed by atoms with Crippen LogP contribution in [-0.2, 0) is 26.2 Å². The lowest BCUT2D eigenvalue weighted by Crippen LogP contribution is -2.54. The van der Waals surface area contributed by atoms with Gasteiger partial charge in [-0.25, -0.2) is 12.8 Å². The average Bonchev–Trinajstić information content (AvgIpc) is 3.01. The number of aryl methyl sites for hydroxylation is 2. The van der Waals surface area contributed by atoms with E-state index in [4.69, 9.17) is 4.74 Å². The van der Waals surface area contributed by atoms with Crippen LogP contribution in [0.3, 0.4) is 0 Å². The fraction of sp³-hybridized carbons (Fsp3) is 0.412. The van der Waals surface area contributed by atoms with Crippen molar-refractivity contribution in [2.75, 3.05) is 18.0 Å². The highest BCUT2D eigenvalue weighted by Gasteiger charge is 2.35. The smallest absolute Gasteiger partial charge is 0.264 e. The number of ether oxygens (including phenoxy) is 1. The molecule has 1 aliphatic carbocycles. The van der Waals surface area contributed by atoms with Crippen molar-refractivity contribution >= 4 is 27.5 Å². The van der Waals surface area contributed by atoms with E-state index in [0.29, 0.717) is 12.0 Å². The molecule has 0 spiro atoms. The Kier molecular flexibility index (Phi) is 11.0. The van der Waals surface area contributed by atoms with E-state index in [1.54, 1.807) is 42.5 Å². The van der Waals surface area contributed by atoms with Crippen LogP contribution in [0.15, 0.2) is 71.6 Å². The molecule has 1 saturated carbocycles. The molecule has 0 unspecified atom stereocenters. The van der Waals surface area contributed by atoms with Gasteiger partial charge in [-0.05, 0) is 80.6 Å². The second-order valence-electron chi connectivity index (χ2n) is 11.4. The van der Waals surface area contributed by atoms with Gasteiger partial charge >= 0.3 is 0 Å². The molecule has 0 radical (unpaired) electrons. The number of amides is 2. The summed E-state index contributed by atoms with van der Waals surface area (Å²) in [5.41, 5.74) is 2.49. The van der Waals surface area contributed by atoms with Crippen LogP contribution in [0.2, 0.25) is 0 Å². The number of carbonyl (C=O) groups excluding carboxylic acids is 2. The van der Waals surface area contributed by atoms with Gasteiger partial charge in [0.1, 0.15) is 24.2 Å². The first-order valence-electron chi connectivity index (χ1n) is 15.1. The minimum atomic E-state index is -4.25. The molecule has 3 aromatic carbocycles. The molecule has 8 nitrogen and oxygen atoms in total. The zero-order chi connectivity index (χ0) is 31.9. The number of sulfonamides is 1. The lowest BCUT2D eigenvalue weighted by atomic mass is 9.95. The maximum absolute atomic E-state index is 14.3. The Morgan fingerprint density at radius 3 is 2.20 bits per heavy atom. The standard InChI is InChI=1S/C34H42FN3O5S/c1-5-30(34(40)36-28-9-7-6-8-10-28)37(22-26-14-16-27(35)17-15-26)33(39)23-38(31-21-25(3)13-20-32(31)43-4)44(41,42)29-18-11-24(2)12-19-29/h11-21,28,30H,5-10,22-23H2,1-4H3,(H,36,40)/t30-/m1/s1. The fourth-order valence-electron chi connectivity index (χ4n) is 5.60. The minimum absolute atomic E-state index is 0.000914. The molecule has 236 valence electrons. The van der Waals surface area contributed by atoms with Crippen molar-refractivity contribution in [3.8, 4) is 5.75 Å². The molecule has 0 saturated heterocycles. The maximum Gasteiger partial charge on any atom is 0.264 e. The molecule has 0 aromatic heterocycles. The quantitative estimate of drug-likeness (QED) is 0.271. The van der Waals surface area contributed by atoms with Gasteiger partial charge in [-0.15, -0.1) is 0 Å². The molecule has 2 amide bonds. The molecule has 0 heterocycles. The van der Waals surface area contributed by atoms with E-state index in [-0.39, 0.29) is 34.8 Å². The fourth-order valence-corrected chi connectivity index (χ4v) is 7.01. The Morgan fingerprint density at radius 2 is 1.59 bits per heavy atom. The molecule has 0 aliphatic heterocycles. The third-order valence-electron chi connectivity index (χ3n) is 8.09. The Balaban J connectivity index is 1.75. The predicted octanol–water partition coefficient (Wildman–Crippen LogP) is 5.90. The van der Waals surface area contributed by atoms with Crippen LogP contribution in [0.25, 0.3) is 0 Å². The molecule has 1 fully saturated rings. The van der Waals surface area contributed by atoms with Gasteiger partial charge in [-0.1, -0.05) is 62.1 Å². The highest BCUT2D eigenvalue weighted by atomic mass is 32.2. The van der Waals surface area contributed by atoms with Crippen LogP contribution < -0.4 is 14.4 Å². The first kappa shape index (κ1) is 33.0. The van der Waals surface area contributed by atoms with Gasteiger partial charge in [0, 0.05) is 12.6 Å². The van der Waals surface area contributed by atoms with Crippen LogP contribution in [0.1, 0.15) is 62.1 Å². The van der Waals surface area contributed by atoms with Crippen molar-refractivity contribution in [2.45, 2.75) is 82.8 Å². The topological polar surface area (TPSA) is 96.0 Å². The number of hydrogen-bond acceptors (Lipinski definition) is 5. The normalized spacial score (nSPS) is 14.5. The summed E-state index contributed by atoms with van der Waals surface area (Å²) in [6.45, 7) is 4.92. The predicted molar refractivity (Wildman–Crippen MR) is 169 cm³/mol. The highest BCUT2D eigenvalue weighted by molar-refractivity contribution is 7.92. The average molecular weight is 624 g/mol. The first-order chi connectivity index (χ1) is 21.0. The summed E-state index contributed by atoms with van der Waals surface area (Å²) in [5, 5.41) is 3.13. The van der Waals surface area contributed by atoms with E-state index in [9.17, 15) is 22.4 Å². The van der Waals surface area contributed by atoms with Gasteiger partial charge in [0.2, 0.25) is 11.8 Å². The Hall–Kier alpha value is -3.92. The first-order valence-corrected chi connectivity index (χ1v) is 16.6. The molecule has 1 atom stereocenters. The third-order valence-corrected chi connectivity index (χ3v) is 9.87. The van der Waals surface area contributed by atoms with Gasteiger partial charge < -0.3 is 15.0 Å². The Labute approximate surface area is 260 Å². The number of anilines is 1. The number of nitrogens with one attached hydrogen (secondary N) is 1. The zero-order valence-electron chi connectivity index (χ0n) is 25.9. The summed E-state index contributed by atoms with van der Waals surface area (Å²) < 4.78 is 48.7. The molecule has 0 bridgehead atoms. The SMILES string of the molecule is CC[C@H](C(=O)NC1CCCCC1)N(Cc1ccc(F)cc1)C(=O)CN(c1cc(C)ccc1OC)S(=O)(=O)c1ccc(C)cc1.